The molecule has 1 heterocycles. The van der Waals surface area contributed by atoms with Gasteiger partial charge >= 0.3 is 0 Å². The summed E-state index contributed by atoms with van der Waals surface area (Å²) < 4.78 is 2.17. The smallest absolute Gasteiger partial charge is 0.0641 e. The summed E-state index contributed by atoms with van der Waals surface area (Å²) in [5, 5.41) is 8.24. The third-order valence-corrected chi connectivity index (χ3v) is 3.61. The molecule has 1 aromatic rings. The highest BCUT2D eigenvalue weighted by Crippen LogP contribution is 2.15. The monoisotopic (exact) mass is 277 g/mol. The number of allylic oxidation sites excluding steroid dienone is 1. The summed E-state index contributed by atoms with van der Waals surface area (Å²) in [5.41, 5.74) is 3.96. The molecule has 1 aromatic heterocycles. The molecule has 0 aliphatic heterocycles. The Morgan fingerprint density at radius 2 is 1.90 bits per heavy atom. The third kappa shape index (κ3) is 5.49. The van der Waals surface area contributed by atoms with E-state index in [0.717, 1.165) is 25.2 Å². The fourth-order valence-corrected chi connectivity index (χ4v) is 2.29. The van der Waals surface area contributed by atoms with E-state index in [0.29, 0.717) is 0 Å². The third-order valence-electron chi connectivity index (χ3n) is 3.61. The predicted molar refractivity (Wildman–Crippen MR) is 87.0 cm³/mol. The Bertz CT molecular complexity index is 424. The molecule has 0 atom stereocenters. The first-order valence-electron chi connectivity index (χ1n) is 7.74. The molecule has 0 unspecified atom stereocenters. The predicted octanol–water partition coefficient (Wildman–Crippen LogP) is 4.13. The molecular formula is C17H31N3. The van der Waals surface area contributed by atoms with Crippen LogP contribution in [0.4, 0.5) is 0 Å². The van der Waals surface area contributed by atoms with Crippen LogP contribution in [0.2, 0.25) is 0 Å². The van der Waals surface area contributed by atoms with Gasteiger partial charge in [-0.3, -0.25) is 4.68 Å². The van der Waals surface area contributed by atoms with Gasteiger partial charge in [-0.05, 0) is 53.9 Å². The van der Waals surface area contributed by atoms with Gasteiger partial charge in [0.2, 0.25) is 0 Å². The highest BCUT2D eigenvalue weighted by molar-refractivity contribution is 5.24. The number of unbranched alkanes of at least 4 members (excludes halogenated alkanes) is 3. The van der Waals surface area contributed by atoms with Crippen molar-refractivity contribution in [3.8, 4) is 0 Å². The summed E-state index contributed by atoms with van der Waals surface area (Å²) in [6.45, 7) is 16.6. The zero-order valence-electron chi connectivity index (χ0n) is 13.9. The zero-order chi connectivity index (χ0) is 15.2. The average Bonchev–Trinajstić information content (AvgIpc) is 2.61. The molecule has 3 heteroatoms. The van der Waals surface area contributed by atoms with Crippen LogP contribution in [-0.2, 0) is 13.1 Å². The van der Waals surface area contributed by atoms with Crippen molar-refractivity contribution in [1.29, 1.82) is 0 Å². The summed E-state index contributed by atoms with van der Waals surface area (Å²) in [4.78, 5) is 0. The number of aromatic nitrogens is 2. The fourth-order valence-electron chi connectivity index (χ4n) is 2.29. The van der Waals surface area contributed by atoms with Gasteiger partial charge < -0.3 is 5.32 Å². The van der Waals surface area contributed by atoms with E-state index in [9.17, 15) is 0 Å². The minimum absolute atomic E-state index is 0.145. The molecule has 20 heavy (non-hydrogen) atoms. The van der Waals surface area contributed by atoms with Crippen LogP contribution in [0.25, 0.3) is 0 Å². The Morgan fingerprint density at radius 1 is 1.20 bits per heavy atom. The van der Waals surface area contributed by atoms with Crippen molar-refractivity contribution >= 4 is 0 Å². The van der Waals surface area contributed by atoms with Gasteiger partial charge in [-0.2, -0.15) is 5.10 Å². The molecule has 0 saturated carbocycles. The molecule has 0 amide bonds. The highest BCUT2D eigenvalue weighted by Gasteiger charge is 2.14. The first-order valence-corrected chi connectivity index (χ1v) is 7.74. The normalized spacial score (nSPS) is 11.8. The summed E-state index contributed by atoms with van der Waals surface area (Å²) in [6, 6.07) is 0. The first kappa shape index (κ1) is 17.0. The van der Waals surface area contributed by atoms with Gasteiger partial charge in [-0.1, -0.05) is 12.5 Å². The molecule has 0 spiro atoms. The summed E-state index contributed by atoms with van der Waals surface area (Å²) >= 11 is 0. The summed E-state index contributed by atoms with van der Waals surface area (Å²) in [5.74, 6) is 0. The van der Waals surface area contributed by atoms with E-state index in [-0.39, 0.29) is 5.54 Å². The Kier molecular flexibility index (Phi) is 6.47. The molecule has 0 radical (unpaired) electrons. The Morgan fingerprint density at radius 3 is 2.50 bits per heavy atom. The minimum atomic E-state index is 0.145. The second kappa shape index (κ2) is 7.63. The van der Waals surface area contributed by atoms with Crippen LogP contribution in [-0.4, -0.2) is 15.3 Å². The van der Waals surface area contributed by atoms with Crippen LogP contribution < -0.4 is 5.32 Å². The SMILES string of the molecule is C=CCCCCCn1nc(C)c(CNC(C)(C)C)c1C. The largest absolute Gasteiger partial charge is 0.308 e. The van der Waals surface area contributed by atoms with Crippen LogP contribution in [0.5, 0.6) is 0 Å². The van der Waals surface area contributed by atoms with Gasteiger partial charge in [0, 0.05) is 29.9 Å². The van der Waals surface area contributed by atoms with Crippen molar-refractivity contribution < 1.29 is 0 Å². The van der Waals surface area contributed by atoms with Crippen molar-refractivity contribution in [3.63, 3.8) is 0 Å². The lowest BCUT2D eigenvalue weighted by Crippen LogP contribution is -2.35. The maximum Gasteiger partial charge on any atom is 0.0641 e. The lowest BCUT2D eigenvalue weighted by molar-refractivity contribution is 0.423. The zero-order valence-corrected chi connectivity index (χ0v) is 13.9. The molecular weight excluding hydrogens is 246 g/mol. The van der Waals surface area contributed by atoms with E-state index < -0.39 is 0 Å². The number of rotatable bonds is 8. The molecule has 0 fully saturated rings. The molecule has 0 bridgehead atoms. The fraction of sp³-hybridized carbons (Fsp3) is 0.706. The van der Waals surface area contributed by atoms with Gasteiger partial charge in [0.1, 0.15) is 0 Å². The average molecular weight is 277 g/mol. The van der Waals surface area contributed by atoms with Gasteiger partial charge in [-0.15, -0.1) is 6.58 Å². The standard InChI is InChI=1S/C17H31N3/c1-7-8-9-10-11-12-20-15(3)16(14(2)19-20)13-18-17(4,5)6/h7,18H,1,8-13H2,2-6H3. The van der Waals surface area contributed by atoms with Gasteiger partial charge in [-0.25, -0.2) is 0 Å². The number of hydrogen-bond donors (Lipinski definition) is 1. The van der Waals surface area contributed by atoms with E-state index in [1.807, 2.05) is 6.08 Å². The number of nitrogens with zero attached hydrogens (tertiary/aromatic N) is 2. The lowest BCUT2D eigenvalue weighted by atomic mass is 10.1. The molecule has 0 aliphatic rings. The van der Waals surface area contributed by atoms with Crippen molar-refractivity contribution in [1.82, 2.24) is 15.1 Å². The van der Waals surface area contributed by atoms with E-state index >= 15 is 0 Å². The molecule has 114 valence electrons. The first-order chi connectivity index (χ1) is 9.35. The Labute approximate surface area is 124 Å². The van der Waals surface area contributed by atoms with Gasteiger partial charge in [0.05, 0.1) is 5.69 Å². The van der Waals surface area contributed by atoms with Crippen LogP contribution in [0.1, 0.15) is 63.4 Å². The summed E-state index contributed by atoms with van der Waals surface area (Å²) in [6.07, 6.45) is 6.81. The number of aryl methyl sites for hydroxylation is 2. The molecule has 1 rings (SSSR count). The molecule has 0 saturated heterocycles. The molecule has 0 aromatic carbocycles. The Balaban J connectivity index is 2.55. The van der Waals surface area contributed by atoms with Crippen LogP contribution >= 0.6 is 0 Å². The lowest BCUT2D eigenvalue weighted by Gasteiger charge is -2.20. The van der Waals surface area contributed by atoms with Crippen molar-refractivity contribution in [3.05, 3.63) is 29.6 Å². The second-order valence-corrected chi connectivity index (χ2v) is 6.61. The molecule has 1 N–H and O–H groups in total. The van der Waals surface area contributed by atoms with E-state index in [1.54, 1.807) is 0 Å². The van der Waals surface area contributed by atoms with Crippen LogP contribution in [0.15, 0.2) is 12.7 Å². The van der Waals surface area contributed by atoms with Crippen molar-refractivity contribution in [2.24, 2.45) is 0 Å². The quantitative estimate of drug-likeness (QED) is 0.572. The van der Waals surface area contributed by atoms with Crippen molar-refractivity contribution in [2.75, 3.05) is 0 Å². The number of hydrogen-bond acceptors (Lipinski definition) is 2. The van der Waals surface area contributed by atoms with Crippen molar-refractivity contribution in [2.45, 2.75) is 78.9 Å². The van der Waals surface area contributed by atoms with Gasteiger partial charge in [0.25, 0.3) is 0 Å². The summed E-state index contributed by atoms with van der Waals surface area (Å²) in [7, 11) is 0. The second-order valence-electron chi connectivity index (χ2n) is 6.61. The molecule has 3 nitrogen and oxygen atoms in total. The highest BCUT2D eigenvalue weighted by atomic mass is 15.3. The maximum absolute atomic E-state index is 4.69. The minimum Gasteiger partial charge on any atom is -0.308 e. The number of nitrogens with one attached hydrogen (secondary N) is 1. The maximum atomic E-state index is 4.69. The van der Waals surface area contributed by atoms with E-state index in [4.69, 9.17) is 0 Å². The topological polar surface area (TPSA) is 29.9 Å². The van der Waals surface area contributed by atoms with Gasteiger partial charge in [0.15, 0.2) is 0 Å². The molecule has 0 aliphatic carbocycles. The van der Waals surface area contributed by atoms with Crippen LogP contribution in [0, 0.1) is 13.8 Å². The Hall–Kier alpha value is -1.09. The van der Waals surface area contributed by atoms with E-state index in [2.05, 4.69) is 56.3 Å². The van der Waals surface area contributed by atoms with Crippen LogP contribution in [0.3, 0.4) is 0 Å². The van der Waals surface area contributed by atoms with E-state index in [1.165, 1.54) is 30.5 Å².